The van der Waals surface area contributed by atoms with Crippen LogP contribution in [0.5, 0.6) is 11.5 Å². The first kappa shape index (κ1) is 29.0. The van der Waals surface area contributed by atoms with Gasteiger partial charge in [0.1, 0.15) is 11.5 Å². The van der Waals surface area contributed by atoms with Gasteiger partial charge >= 0.3 is 0 Å². The van der Waals surface area contributed by atoms with Crippen LogP contribution in [0.3, 0.4) is 0 Å². The van der Waals surface area contributed by atoms with Crippen LogP contribution in [0.25, 0.3) is 0 Å². The van der Waals surface area contributed by atoms with E-state index in [1.165, 1.54) is 49.7 Å². The van der Waals surface area contributed by atoms with E-state index in [9.17, 15) is 0 Å². The van der Waals surface area contributed by atoms with Crippen molar-refractivity contribution in [2.75, 3.05) is 39.6 Å². The van der Waals surface area contributed by atoms with Gasteiger partial charge in [-0.1, -0.05) is 38.1 Å². The van der Waals surface area contributed by atoms with Crippen LogP contribution in [0.4, 0.5) is 0 Å². The Hall–Kier alpha value is -2.12. The van der Waals surface area contributed by atoms with Crippen molar-refractivity contribution in [1.29, 1.82) is 0 Å². The molecule has 2 aliphatic carbocycles. The standard InChI is InChI=1S/C35H48O6/c1-35(2,27-7-11-29(12-8-27)38-19-3-17-36-23-25-5-15-31-33(21-25)40-31)28-9-13-30(14-10-28)39-20-4-18-37-24-26-6-16-32-34(22-26)41-32/h7-14,25-26,31-34H,3-6,15-24H2,1-2H3. The summed E-state index contributed by atoms with van der Waals surface area (Å²) >= 11 is 0. The van der Waals surface area contributed by atoms with Crippen molar-refractivity contribution >= 4 is 0 Å². The van der Waals surface area contributed by atoms with E-state index >= 15 is 0 Å². The molecule has 4 fully saturated rings. The smallest absolute Gasteiger partial charge is 0.119 e. The Morgan fingerprint density at radius 3 is 1.44 bits per heavy atom. The Morgan fingerprint density at radius 2 is 1.02 bits per heavy atom. The van der Waals surface area contributed by atoms with Gasteiger partial charge in [-0.2, -0.15) is 0 Å². The van der Waals surface area contributed by atoms with Crippen molar-refractivity contribution in [2.45, 2.75) is 95.0 Å². The quantitative estimate of drug-likeness (QED) is 0.167. The first-order valence-electron chi connectivity index (χ1n) is 16.0. The average molecular weight is 565 g/mol. The van der Waals surface area contributed by atoms with Crippen molar-refractivity contribution in [3.8, 4) is 11.5 Å². The lowest BCUT2D eigenvalue weighted by Crippen LogP contribution is -2.19. The second-order valence-electron chi connectivity index (χ2n) is 13.0. The molecule has 2 aromatic carbocycles. The molecule has 6 heteroatoms. The maximum absolute atomic E-state index is 5.98. The minimum atomic E-state index is -0.117. The van der Waals surface area contributed by atoms with Crippen molar-refractivity contribution in [1.82, 2.24) is 0 Å². The summed E-state index contributed by atoms with van der Waals surface area (Å²) in [5.74, 6) is 3.15. The number of hydrogen-bond acceptors (Lipinski definition) is 6. The second kappa shape index (κ2) is 13.5. The molecule has 2 heterocycles. The van der Waals surface area contributed by atoms with Crippen LogP contribution in [-0.2, 0) is 24.4 Å². The van der Waals surface area contributed by atoms with E-state index in [-0.39, 0.29) is 5.41 Å². The summed E-state index contributed by atoms with van der Waals surface area (Å²) < 4.78 is 35.0. The molecule has 6 nitrogen and oxygen atoms in total. The normalized spacial score (nSPS) is 28.4. The summed E-state index contributed by atoms with van der Waals surface area (Å²) in [4.78, 5) is 0. The van der Waals surface area contributed by atoms with E-state index in [0.29, 0.717) is 49.5 Å². The first-order chi connectivity index (χ1) is 20.0. The third kappa shape index (κ3) is 8.04. The highest BCUT2D eigenvalue weighted by Crippen LogP contribution is 2.40. The Kier molecular flexibility index (Phi) is 9.51. The van der Waals surface area contributed by atoms with Crippen molar-refractivity contribution in [3.05, 3.63) is 59.7 Å². The molecule has 224 valence electrons. The predicted molar refractivity (Wildman–Crippen MR) is 159 cm³/mol. The van der Waals surface area contributed by atoms with E-state index < -0.39 is 0 Å². The monoisotopic (exact) mass is 564 g/mol. The SMILES string of the molecule is CC(C)(c1ccc(OCCCOCC2CCC3OC3C2)cc1)c1ccc(OCCCOCC2CCC3OC3C2)cc1. The van der Waals surface area contributed by atoms with E-state index in [0.717, 1.165) is 50.8 Å². The van der Waals surface area contributed by atoms with Gasteiger partial charge in [-0.15, -0.1) is 0 Å². The molecular weight excluding hydrogens is 516 g/mol. The van der Waals surface area contributed by atoms with E-state index in [2.05, 4.69) is 62.4 Å². The lowest BCUT2D eigenvalue weighted by Gasteiger charge is -2.26. The highest BCUT2D eigenvalue weighted by Gasteiger charge is 2.44. The number of epoxide rings is 2. The van der Waals surface area contributed by atoms with Gasteiger partial charge in [0.05, 0.1) is 37.6 Å². The maximum atomic E-state index is 5.98. The fourth-order valence-corrected chi connectivity index (χ4v) is 6.58. The molecule has 0 amide bonds. The Labute approximate surface area is 246 Å². The van der Waals surface area contributed by atoms with Gasteiger partial charge in [0.15, 0.2) is 0 Å². The summed E-state index contributed by atoms with van der Waals surface area (Å²) in [7, 11) is 0. The molecule has 41 heavy (non-hydrogen) atoms. The van der Waals surface area contributed by atoms with Gasteiger partial charge < -0.3 is 28.4 Å². The predicted octanol–water partition coefficient (Wildman–Crippen LogP) is 6.72. The minimum absolute atomic E-state index is 0.117. The lowest BCUT2D eigenvalue weighted by molar-refractivity contribution is 0.0790. The van der Waals surface area contributed by atoms with Crippen LogP contribution in [0, 0.1) is 11.8 Å². The molecule has 2 saturated heterocycles. The first-order valence-corrected chi connectivity index (χ1v) is 16.0. The minimum Gasteiger partial charge on any atom is -0.494 e. The van der Waals surface area contributed by atoms with E-state index in [4.69, 9.17) is 28.4 Å². The molecule has 6 atom stereocenters. The second-order valence-corrected chi connectivity index (χ2v) is 13.0. The molecule has 6 rings (SSSR count). The van der Waals surface area contributed by atoms with E-state index in [1.54, 1.807) is 0 Å². The number of rotatable bonds is 16. The summed E-state index contributed by atoms with van der Waals surface area (Å²) in [5.41, 5.74) is 2.40. The fraction of sp³-hybridized carbons (Fsp3) is 0.657. The Balaban J connectivity index is 0.852. The van der Waals surface area contributed by atoms with Crippen molar-refractivity contribution < 1.29 is 28.4 Å². The lowest BCUT2D eigenvalue weighted by atomic mass is 9.78. The molecule has 2 aromatic rings. The third-order valence-electron chi connectivity index (χ3n) is 9.49. The highest BCUT2D eigenvalue weighted by molar-refractivity contribution is 5.41. The Bertz CT molecular complexity index is 997. The van der Waals surface area contributed by atoms with Crippen LogP contribution in [0.1, 0.15) is 76.3 Å². The van der Waals surface area contributed by atoms with Gasteiger partial charge in [0.2, 0.25) is 0 Å². The maximum Gasteiger partial charge on any atom is 0.119 e. The van der Waals surface area contributed by atoms with Crippen molar-refractivity contribution in [3.63, 3.8) is 0 Å². The summed E-state index contributed by atoms with van der Waals surface area (Å²) in [6.45, 7) is 9.08. The zero-order valence-electron chi connectivity index (χ0n) is 24.9. The molecule has 0 spiro atoms. The zero-order valence-corrected chi connectivity index (χ0v) is 24.9. The third-order valence-corrected chi connectivity index (χ3v) is 9.49. The molecular formula is C35H48O6. The largest absolute Gasteiger partial charge is 0.494 e. The average Bonchev–Trinajstić information content (AvgIpc) is 3.92. The highest BCUT2D eigenvalue weighted by atomic mass is 16.6. The van der Waals surface area contributed by atoms with Crippen molar-refractivity contribution in [2.24, 2.45) is 11.8 Å². The fourth-order valence-electron chi connectivity index (χ4n) is 6.58. The zero-order chi connectivity index (χ0) is 28.1. The molecule has 0 aromatic heterocycles. The number of benzene rings is 2. The summed E-state index contributed by atoms with van der Waals surface area (Å²) in [5, 5.41) is 0. The van der Waals surface area contributed by atoms with Crippen LogP contribution >= 0.6 is 0 Å². The molecule has 2 saturated carbocycles. The molecule has 0 radical (unpaired) electrons. The van der Waals surface area contributed by atoms with Gasteiger partial charge in [0.25, 0.3) is 0 Å². The van der Waals surface area contributed by atoms with Crippen LogP contribution in [0.2, 0.25) is 0 Å². The topological polar surface area (TPSA) is 62.0 Å². The molecule has 4 aliphatic rings. The van der Waals surface area contributed by atoms with Gasteiger partial charge in [-0.3, -0.25) is 0 Å². The van der Waals surface area contributed by atoms with Gasteiger partial charge in [-0.05, 0) is 85.8 Å². The number of ether oxygens (including phenoxy) is 6. The van der Waals surface area contributed by atoms with Crippen LogP contribution in [0.15, 0.2) is 48.5 Å². The molecule has 0 bridgehead atoms. The molecule has 6 unspecified atom stereocenters. The van der Waals surface area contributed by atoms with Gasteiger partial charge in [-0.25, -0.2) is 0 Å². The van der Waals surface area contributed by atoms with E-state index in [1.807, 2.05) is 0 Å². The Morgan fingerprint density at radius 1 is 0.585 bits per heavy atom. The van der Waals surface area contributed by atoms with Crippen LogP contribution in [-0.4, -0.2) is 64.1 Å². The molecule has 0 N–H and O–H groups in total. The van der Waals surface area contributed by atoms with Crippen LogP contribution < -0.4 is 9.47 Å². The number of hydrogen-bond donors (Lipinski definition) is 0. The number of fused-ring (bicyclic) bond motifs is 2. The summed E-state index contributed by atoms with van der Waals surface area (Å²) in [6, 6.07) is 17.0. The molecule has 2 aliphatic heterocycles. The summed E-state index contributed by atoms with van der Waals surface area (Å²) in [6.07, 6.45) is 11.3. The van der Waals surface area contributed by atoms with Gasteiger partial charge in [0, 0.05) is 44.7 Å².